The Morgan fingerprint density at radius 1 is 0.756 bits per heavy atom. The molecule has 0 aromatic heterocycles. The molecule has 2 bridgehead atoms. The summed E-state index contributed by atoms with van der Waals surface area (Å²) in [4.78, 5) is 101. The SMILES string of the molecule is CC(=O)O[C@@H]1C(=O)[C@]2(C)C(C(OC(=O)c3ccccc3)[C@@]3(O)C[C@@H](OC(=O)[C@@H](OC(=O)c4ccc(/C(C)=N/NC(C)(C)C)cc4)[C@H](CC(=O)c4ccccc4)c4ccccc4)C(C)=C1C3(C)C)[C@@]1(OC(C)=O)CO[C@H]1C[C@H]2O. The van der Waals surface area contributed by atoms with Crippen LogP contribution in [0.5, 0.6) is 0 Å². The second kappa shape index (κ2) is 21.8. The fourth-order valence-corrected chi connectivity index (χ4v) is 11.9. The number of fused-ring (bicyclic) bond motifs is 5. The largest absolute Gasteiger partial charge is 0.455 e. The maximum Gasteiger partial charge on any atom is 0.348 e. The number of Topliss-reactive ketones (excluding diaryl/α,β-unsaturated/α-hetero) is 2. The minimum atomic E-state index is -2.47. The fourth-order valence-electron chi connectivity index (χ4n) is 11.9. The number of carbonyl (C=O) groups excluding carboxylic acids is 7. The average molecular weight is 1070 g/mol. The molecule has 0 spiro atoms. The number of nitrogens with one attached hydrogen (secondary N) is 1. The molecule has 3 fully saturated rings. The summed E-state index contributed by atoms with van der Waals surface area (Å²) in [7, 11) is 0. The van der Waals surface area contributed by atoms with Gasteiger partial charge in [0.25, 0.3) is 0 Å². The van der Waals surface area contributed by atoms with Crippen LogP contribution in [-0.4, -0.2) is 117 Å². The Hall–Kier alpha value is -7.34. The van der Waals surface area contributed by atoms with E-state index in [0.717, 1.165) is 13.8 Å². The van der Waals surface area contributed by atoms with Crippen LogP contribution in [0.3, 0.4) is 0 Å². The van der Waals surface area contributed by atoms with Gasteiger partial charge in [0.15, 0.2) is 23.3 Å². The van der Waals surface area contributed by atoms with Gasteiger partial charge in [-0.15, -0.1) is 0 Å². The number of hydrogen-bond acceptors (Lipinski definition) is 17. The predicted octanol–water partition coefficient (Wildman–Crippen LogP) is 7.60. The standard InChI is InChI=1S/C61H68N2O15/c1-34-45(75-56(71)49(43(39-20-14-11-15-21-39)30-44(66)40-22-16-12-17-23-40)76-54(69)42-28-26-38(27-29-42)35(2)62-63-57(5,6)7)32-61(72)53(77-55(70)41-24-18-13-19-25-41)51-59(10,46(67)31-47-60(51,33-73-47)78-37(4)65)52(68)50(74-36(3)64)48(34)58(61,8)9/h11-29,43,45-47,49-51,53,63,67,72H,30-33H2,1-10H3/b62-35+/t43-,45-,46-,47+,49+,50+,51?,53?,59+,60-,61+/m1/s1. The highest BCUT2D eigenvalue weighted by molar-refractivity contribution is 6.00. The van der Waals surface area contributed by atoms with Gasteiger partial charge in [0.05, 0.1) is 40.9 Å². The third-order valence-electron chi connectivity index (χ3n) is 16.1. The summed E-state index contributed by atoms with van der Waals surface area (Å²) in [6.07, 6.45) is -11.1. The van der Waals surface area contributed by atoms with Crippen molar-refractivity contribution in [3.8, 4) is 0 Å². The molecule has 11 atom stereocenters. The van der Waals surface area contributed by atoms with Crippen molar-refractivity contribution in [2.24, 2.45) is 21.8 Å². The van der Waals surface area contributed by atoms with E-state index in [-0.39, 0.29) is 53.0 Å². The van der Waals surface area contributed by atoms with Gasteiger partial charge in [-0.2, -0.15) is 5.10 Å². The van der Waals surface area contributed by atoms with Gasteiger partial charge in [-0.05, 0) is 88.1 Å². The molecule has 3 N–H and O–H groups in total. The molecular weight excluding hydrogens is 1000 g/mol. The molecule has 8 rings (SSSR count). The number of aliphatic hydroxyl groups is 2. The number of ketones is 2. The van der Waals surface area contributed by atoms with Crippen LogP contribution in [0.25, 0.3) is 0 Å². The van der Waals surface area contributed by atoms with Crippen LogP contribution in [0.2, 0.25) is 0 Å². The highest BCUT2D eigenvalue weighted by Crippen LogP contribution is 2.64. The first kappa shape index (κ1) is 56.9. The maximum atomic E-state index is 15.9. The van der Waals surface area contributed by atoms with E-state index in [9.17, 15) is 34.2 Å². The Morgan fingerprint density at radius 2 is 1.32 bits per heavy atom. The van der Waals surface area contributed by atoms with E-state index >= 15 is 9.59 Å². The Labute approximate surface area is 453 Å². The zero-order valence-electron chi connectivity index (χ0n) is 45.6. The van der Waals surface area contributed by atoms with E-state index in [1.54, 1.807) is 112 Å². The second-order valence-corrected chi connectivity index (χ2v) is 22.7. The fraction of sp³-hybridized carbons (Fsp3) is 0.443. The van der Waals surface area contributed by atoms with Crippen molar-refractivity contribution in [3.05, 3.63) is 154 Å². The average Bonchev–Trinajstić information content (AvgIpc) is 3.40. The van der Waals surface area contributed by atoms with Crippen molar-refractivity contribution >= 4 is 47.1 Å². The summed E-state index contributed by atoms with van der Waals surface area (Å²) in [5.41, 5.74) is -3.06. The van der Waals surface area contributed by atoms with Crippen LogP contribution in [0.1, 0.15) is 137 Å². The first-order chi connectivity index (χ1) is 36.7. The highest BCUT2D eigenvalue weighted by atomic mass is 16.6. The Bertz CT molecular complexity index is 3020. The lowest BCUT2D eigenvalue weighted by Crippen LogP contribution is -2.82. The Morgan fingerprint density at radius 3 is 1.87 bits per heavy atom. The van der Waals surface area contributed by atoms with Crippen molar-refractivity contribution in [1.82, 2.24) is 5.43 Å². The lowest BCUT2D eigenvalue weighted by molar-refractivity contribution is -0.346. The molecule has 3 aliphatic carbocycles. The first-order valence-corrected chi connectivity index (χ1v) is 26.1. The summed E-state index contributed by atoms with van der Waals surface area (Å²) in [6, 6.07) is 31.1. The Kier molecular flexibility index (Phi) is 15.9. The number of hydrogen-bond donors (Lipinski definition) is 3. The normalized spacial score (nSPS) is 28.1. The molecule has 1 aliphatic heterocycles. The van der Waals surface area contributed by atoms with Crippen molar-refractivity contribution in [2.75, 3.05) is 6.61 Å². The van der Waals surface area contributed by atoms with Crippen LogP contribution in [0.4, 0.5) is 0 Å². The van der Waals surface area contributed by atoms with Gasteiger partial charge in [-0.1, -0.05) is 105 Å². The molecule has 78 heavy (non-hydrogen) atoms. The number of carbonyl (C=O) groups is 7. The highest BCUT2D eigenvalue weighted by Gasteiger charge is 2.78. The van der Waals surface area contributed by atoms with Crippen LogP contribution in [-0.2, 0) is 47.6 Å². The van der Waals surface area contributed by atoms with Gasteiger partial charge < -0.3 is 44.1 Å². The quantitative estimate of drug-likeness (QED) is 0.0259. The zero-order valence-corrected chi connectivity index (χ0v) is 45.6. The molecule has 4 aromatic carbocycles. The van der Waals surface area contributed by atoms with E-state index in [4.69, 9.17) is 28.4 Å². The van der Waals surface area contributed by atoms with Gasteiger partial charge in [0.1, 0.15) is 23.9 Å². The van der Waals surface area contributed by atoms with Crippen molar-refractivity contribution in [2.45, 2.75) is 148 Å². The molecular formula is C61H68N2O15. The van der Waals surface area contributed by atoms with Crippen LogP contribution in [0.15, 0.2) is 132 Å². The molecule has 2 saturated carbocycles. The summed E-state index contributed by atoms with van der Waals surface area (Å²) in [5.74, 6) is -8.83. The first-order valence-electron chi connectivity index (χ1n) is 26.1. The number of nitrogens with zero attached hydrogens (tertiary/aromatic N) is 1. The second-order valence-electron chi connectivity index (χ2n) is 22.7. The maximum absolute atomic E-state index is 15.9. The number of rotatable bonds is 15. The molecule has 0 amide bonds. The van der Waals surface area contributed by atoms with Gasteiger partial charge >= 0.3 is 29.8 Å². The summed E-state index contributed by atoms with van der Waals surface area (Å²) in [5, 5.41) is 30.8. The van der Waals surface area contributed by atoms with Gasteiger partial charge in [0.2, 0.25) is 6.10 Å². The van der Waals surface area contributed by atoms with Crippen LogP contribution < -0.4 is 5.43 Å². The minimum Gasteiger partial charge on any atom is -0.455 e. The third-order valence-corrected chi connectivity index (χ3v) is 16.1. The topological polar surface area (TPSA) is 240 Å². The van der Waals surface area contributed by atoms with E-state index in [2.05, 4.69) is 10.5 Å². The molecule has 1 heterocycles. The van der Waals surface area contributed by atoms with Gasteiger partial charge in [-0.25, -0.2) is 14.4 Å². The van der Waals surface area contributed by atoms with Gasteiger partial charge in [-0.3, -0.25) is 19.2 Å². The van der Waals surface area contributed by atoms with Crippen LogP contribution >= 0.6 is 0 Å². The van der Waals surface area contributed by atoms with Crippen molar-refractivity contribution in [1.29, 1.82) is 0 Å². The summed E-state index contributed by atoms with van der Waals surface area (Å²) in [6.45, 7) is 15.7. The van der Waals surface area contributed by atoms with E-state index in [0.29, 0.717) is 22.4 Å². The minimum absolute atomic E-state index is 0.0283. The lowest BCUT2D eigenvalue weighted by Gasteiger charge is -2.67. The van der Waals surface area contributed by atoms with Crippen LogP contribution in [0, 0.1) is 16.7 Å². The molecule has 17 nitrogen and oxygen atoms in total. The summed E-state index contributed by atoms with van der Waals surface area (Å²) >= 11 is 0. The zero-order chi connectivity index (χ0) is 56.7. The molecule has 4 aromatic rings. The number of hydrazone groups is 1. The Balaban J connectivity index is 1.29. The van der Waals surface area contributed by atoms with E-state index in [1.165, 1.54) is 38.1 Å². The number of ether oxygens (including phenoxy) is 6. The molecule has 412 valence electrons. The molecule has 1 saturated heterocycles. The number of aliphatic hydroxyl groups excluding tert-OH is 1. The van der Waals surface area contributed by atoms with E-state index in [1.807, 2.05) is 20.8 Å². The third kappa shape index (κ3) is 10.7. The smallest absolute Gasteiger partial charge is 0.348 e. The molecule has 4 aliphatic rings. The van der Waals surface area contributed by atoms with E-state index < -0.39 is 113 Å². The monoisotopic (exact) mass is 1070 g/mol. The molecule has 17 heteroatoms. The van der Waals surface area contributed by atoms with Crippen molar-refractivity contribution in [3.63, 3.8) is 0 Å². The summed E-state index contributed by atoms with van der Waals surface area (Å²) < 4.78 is 37.4. The van der Waals surface area contributed by atoms with Crippen molar-refractivity contribution < 1.29 is 72.2 Å². The predicted molar refractivity (Wildman–Crippen MR) is 284 cm³/mol. The van der Waals surface area contributed by atoms with Gasteiger partial charge in [0, 0.05) is 55.5 Å². The lowest BCUT2D eigenvalue weighted by atomic mass is 9.44. The molecule has 2 unspecified atom stereocenters. The molecule has 0 radical (unpaired) electrons. The number of benzene rings is 4. The number of esters is 5.